The molecule has 0 heterocycles. The maximum Gasteiger partial charge on any atom is 0.169 e. The highest BCUT2D eigenvalue weighted by atomic mass is 19.1. The quantitative estimate of drug-likeness (QED) is 0.909. The average Bonchev–Trinajstić information content (AvgIpc) is 2.43. The van der Waals surface area contributed by atoms with Gasteiger partial charge in [-0.25, -0.2) is 4.39 Å². The monoisotopic (exact) mass is 275 g/mol. The molecule has 0 fully saturated rings. The largest absolute Gasteiger partial charge is 0.493 e. The molecule has 0 aliphatic carbocycles. The Morgan fingerprint density at radius 3 is 2.50 bits per heavy atom. The van der Waals surface area contributed by atoms with E-state index in [0.29, 0.717) is 30.2 Å². The van der Waals surface area contributed by atoms with Crippen molar-refractivity contribution in [2.24, 2.45) is 5.73 Å². The van der Waals surface area contributed by atoms with Crippen molar-refractivity contribution in [3.63, 3.8) is 0 Å². The normalized spacial score (nSPS) is 10.4. The van der Waals surface area contributed by atoms with Gasteiger partial charge in [0.2, 0.25) is 0 Å². The summed E-state index contributed by atoms with van der Waals surface area (Å²) in [6.07, 6.45) is 0.557. The second-order valence-corrected chi connectivity index (χ2v) is 4.55. The maximum atomic E-state index is 13.3. The Morgan fingerprint density at radius 2 is 1.80 bits per heavy atom. The lowest BCUT2D eigenvalue weighted by molar-refractivity contribution is 0.377. The van der Waals surface area contributed by atoms with Crippen LogP contribution in [0.25, 0.3) is 0 Å². The second-order valence-electron chi connectivity index (χ2n) is 4.55. The molecule has 3 nitrogen and oxygen atoms in total. The lowest BCUT2D eigenvalue weighted by Crippen LogP contribution is -2.04. The van der Waals surface area contributed by atoms with Crippen molar-refractivity contribution in [3.8, 4) is 17.2 Å². The Hall–Kier alpha value is -2.07. The van der Waals surface area contributed by atoms with E-state index in [1.807, 2.05) is 25.1 Å². The third-order valence-electron chi connectivity index (χ3n) is 2.98. The molecular weight excluding hydrogens is 257 g/mol. The van der Waals surface area contributed by atoms with Crippen LogP contribution in [0.2, 0.25) is 0 Å². The van der Waals surface area contributed by atoms with Gasteiger partial charge in [0.05, 0.1) is 7.11 Å². The number of halogens is 1. The number of benzene rings is 2. The average molecular weight is 275 g/mol. The minimum atomic E-state index is -0.295. The third kappa shape index (κ3) is 3.27. The van der Waals surface area contributed by atoms with E-state index in [9.17, 15) is 4.39 Å². The number of ether oxygens (including phenoxy) is 2. The predicted octanol–water partition coefficient (Wildman–Crippen LogP) is 3.44. The first kappa shape index (κ1) is 14.3. The minimum absolute atomic E-state index is 0.295. The first-order chi connectivity index (χ1) is 9.63. The van der Waals surface area contributed by atoms with Gasteiger partial charge in [-0.2, -0.15) is 0 Å². The van der Waals surface area contributed by atoms with Crippen molar-refractivity contribution >= 4 is 0 Å². The van der Waals surface area contributed by atoms with Gasteiger partial charge in [0.25, 0.3) is 0 Å². The van der Waals surface area contributed by atoms with Crippen LogP contribution in [0.3, 0.4) is 0 Å². The van der Waals surface area contributed by atoms with Gasteiger partial charge in [-0.05, 0) is 61.3 Å². The highest BCUT2D eigenvalue weighted by molar-refractivity contribution is 5.46. The fraction of sp³-hybridized carbons (Fsp3) is 0.250. The summed E-state index contributed by atoms with van der Waals surface area (Å²) in [6.45, 7) is 2.41. The third-order valence-corrected chi connectivity index (χ3v) is 2.98. The van der Waals surface area contributed by atoms with Gasteiger partial charge in [-0.3, -0.25) is 0 Å². The smallest absolute Gasteiger partial charge is 0.169 e. The second kappa shape index (κ2) is 6.39. The predicted molar refractivity (Wildman–Crippen MR) is 77.0 cm³/mol. The number of methoxy groups -OCH3 is 1. The molecule has 0 saturated carbocycles. The molecule has 2 rings (SSSR count). The molecule has 0 atom stereocenters. The van der Waals surface area contributed by atoms with Crippen LogP contribution in [0.5, 0.6) is 17.2 Å². The fourth-order valence-electron chi connectivity index (χ4n) is 1.98. The number of hydrogen-bond acceptors (Lipinski definition) is 3. The van der Waals surface area contributed by atoms with E-state index < -0.39 is 0 Å². The van der Waals surface area contributed by atoms with E-state index in [0.717, 1.165) is 11.1 Å². The molecular formula is C16H18FNO2. The Kier molecular flexibility index (Phi) is 4.58. The summed E-state index contributed by atoms with van der Waals surface area (Å²) >= 11 is 0. The van der Waals surface area contributed by atoms with Crippen molar-refractivity contribution in [3.05, 3.63) is 53.3 Å². The first-order valence-corrected chi connectivity index (χ1v) is 6.45. The molecule has 2 N–H and O–H groups in total. The maximum absolute atomic E-state index is 13.3. The summed E-state index contributed by atoms with van der Waals surface area (Å²) in [6, 6.07) is 10.1. The van der Waals surface area contributed by atoms with Gasteiger partial charge in [-0.1, -0.05) is 6.07 Å². The molecule has 0 saturated heterocycles. The number of rotatable bonds is 5. The van der Waals surface area contributed by atoms with Crippen LogP contribution >= 0.6 is 0 Å². The molecule has 0 radical (unpaired) electrons. The first-order valence-electron chi connectivity index (χ1n) is 6.45. The summed E-state index contributed by atoms with van der Waals surface area (Å²) in [5, 5.41) is 0. The van der Waals surface area contributed by atoms with Crippen LogP contribution < -0.4 is 15.2 Å². The Labute approximate surface area is 118 Å². The minimum Gasteiger partial charge on any atom is -0.493 e. The van der Waals surface area contributed by atoms with E-state index in [1.54, 1.807) is 13.2 Å². The zero-order valence-electron chi connectivity index (χ0n) is 11.7. The molecule has 0 spiro atoms. The molecule has 20 heavy (non-hydrogen) atoms. The van der Waals surface area contributed by atoms with E-state index >= 15 is 0 Å². The fourth-order valence-corrected chi connectivity index (χ4v) is 1.98. The Morgan fingerprint density at radius 1 is 1.05 bits per heavy atom. The standard InChI is InChI=1S/C16H18FNO2/c1-11-3-5-15(16(9-11)19-2)20-14-6-4-13(17)10-12(14)7-8-18/h3-6,9-10H,7-8,18H2,1-2H3. The van der Waals surface area contributed by atoms with Crippen LogP contribution in [0, 0.1) is 12.7 Å². The topological polar surface area (TPSA) is 44.5 Å². The van der Waals surface area contributed by atoms with E-state index in [1.165, 1.54) is 12.1 Å². The molecule has 4 heteroatoms. The van der Waals surface area contributed by atoms with Crippen LogP contribution in [-0.4, -0.2) is 13.7 Å². The SMILES string of the molecule is COc1cc(C)ccc1Oc1ccc(F)cc1CCN. The van der Waals surface area contributed by atoms with E-state index in [2.05, 4.69) is 0 Å². The summed E-state index contributed by atoms with van der Waals surface area (Å²) in [5.74, 6) is 1.55. The van der Waals surface area contributed by atoms with Gasteiger partial charge in [0, 0.05) is 0 Å². The highest BCUT2D eigenvalue weighted by Crippen LogP contribution is 2.34. The van der Waals surface area contributed by atoms with Crippen molar-refractivity contribution < 1.29 is 13.9 Å². The molecule has 0 unspecified atom stereocenters. The molecule has 0 aliphatic rings. The van der Waals surface area contributed by atoms with Crippen molar-refractivity contribution in [2.45, 2.75) is 13.3 Å². The highest BCUT2D eigenvalue weighted by Gasteiger charge is 2.10. The molecule has 0 bridgehead atoms. The zero-order chi connectivity index (χ0) is 14.5. The summed E-state index contributed by atoms with van der Waals surface area (Å²) in [7, 11) is 1.59. The van der Waals surface area contributed by atoms with Crippen molar-refractivity contribution in [2.75, 3.05) is 13.7 Å². The number of hydrogen-bond donors (Lipinski definition) is 1. The lowest BCUT2D eigenvalue weighted by Gasteiger charge is -2.14. The molecule has 2 aromatic carbocycles. The number of nitrogens with two attached hydrogens (primary N) is 1. The van der Waals surface area contributed by atoms with Crippen molar-refractivity contribution in [1.29, 1.82) is 0 Å². The van der Waals surface area contributed by atoms with Crippen LogP contribution in [-0.2, 0) is 6.42 Å². The molecule has 0 amide bonds. The Bertz CT molecular complexity index is 599. The summed E-state index contributed by atoms with van der Waals surface area (Å²) in [4.78, 5) is 0. The zero-order valence-corrected chi connectivity index (χ0v) is 11.7. The number of aryl methyl sites for hydroxylation is 1. The molecule has 106 valence electrons. The van der Waals surface area contributed by atoms with Gasteiger partial charge >= 0.3 is 0 Å². The van der Waals surface area contributed by atoms with E-state index in [-0.39, 0.29) is 5.82 Å². The van der Waals surface area contributed by atoms with Crippen LogP contribution in [0.4, 0.5) is 4.39 Å². The van der Waals surface area contributed by atoms with Gasteiger partial charge < -0.3 is 15.2 Å². The molecule has 2 aromatic rings. The van der Waals surface area contributed by atoms with Gasteiger partial charge in [0.1, 0.15) is 11.6 Å². The van der Waals surface area contributed by atoms with Crippen LogP contribution in [0.15, 0.2) is 36.4 Å². The molecule has 0 aromatic heterocycles. The lowest BCUT2D eigenvalue weighted by atomic mass is 10.1. The summed E-state index contributed by atoms with van der Waals surface area (Å²) < 4.78 is 24.4. The summed E-state index contributed by atoms with van der Waals surface area (Å²) in [5.41, 5.74) is 7.37. The van der Waals surface area contributed by atoms with Crippen molar-refractivity contribution in [1.82, 2.24) is 0 Å². The molecule has 0 aliphatic heterocycles. The van der Waals surface area contributed by atoms with Gasteiger partial charge in [0.15, 0.2) is 11.5 Å². The van der Waals surface area contributed by atoms with Crippen LogP contribution in [0.1, 0.15) is 11.1 Å². The van der Waals surface area contributed by atoms with Gasteiger partial charge in [-0.15, -0.1) is 0 Å². The van der Waals surface area contributed by atoms with E-state index in [4.69, 9.17) is 15.2 Å². The Balaban J connectivity index is 2.34.